The Hall–Kier alpha value is -4.97. The van der Waals surface area contributed by atoms with Gasteiger partial charge in [-0.25, -0.2) is 17.2 Å². The van der Waals surface area contributed by atoms with E-state index in [1.165, 1.54) is 53.4 Å². The van der Waals surface area contributed by atoms with E-state index in [1.54, 1.807) is 6.07 Å². The Bertz CT molecular complexity index is 1890. The molecule has 0 bridgehead atoms. The van der Waals surface area contributed by atoms with Gasteiger partial charge in [0.2, 0.25) is 11.8 Å². The second-order valence-corrected chi connectivity index (χ2v) is 14.0. The van der Waals surface area contributed by atoms with Crippen molar-refractivity contribution in [3.05, 3.63) is 120 Å². The van der Waals surface area contributed by atoms with Crippen LogP contribution in [0.1, 0.15) is 36.8 Å². The van der Waals surface area contributed by atoms with Crippen molar-refractivity contribution in [3.63, 3.8) is 0 Å². The first-order valence-electron chi connectivity index (χ1n) is 16.2. The number of nitrogens with zero attached hydrogens (tertiary/aromatic N) is 2. The summed E-state index contributed by atoms with van der Waals surface area (Å²) in [5.74, 6) is -1.73. The Balaban J connectivity index is 1.40. The van der Waals surface area contributed by atoms with Gasteiger partial charge in [-0.3, -0.25) is 13.9 Å². The van der Waals surface area contributed by atoms with E-state index in [-0.39, 0.29) is 47.5 Å². The predicted octanol–water partition coefficient (Wildman–Crippen LogP) is 5.63. The second-order valence-electron chi connectivity index (χ2n) is 12.1. The van der Waals surface area contributed by atoms with Gasteiger partial charge in [0.25, 0.3) is 10.0 Å². The minimum atomic E-state index is -4.48. The van der Waals surface area contributed by atoms with Gasteiger partial charge in [0.15, 0.2) is 11.5 Å². The molecule has 0 spiro atoms. The summed E-state index contributed by atoms with van der Waals surface area (Å²) in [7, 11) is -4.48. The molecular weight excluding hydrogens is 652 g/mol. The first-order chi connectivity index (χ1) is 23.7. The zero-order chi connectivity index (χ0) is 34.4. The van der Waals surface area contributed by atoms with Crippen molar-refractivity contribution in [2.45, 2.75) is 55.6 Å². The molecule has 1 saturated carbocycles. The number of hydrogen-bond acceptors (Lipinski definition) is 6. The Labute approximate surface area is 284 Å². The summed E-state index contributed by atoms with van der Waals surface area (Å²) in [5, 5.41) is 3.09. The Morgan fingerprint density at radius 3 is 2.22 bits per heavy atom. The van der Waals surface area contributed by atoms with Crippen LogP contribution in [-0.4, -0.2) is 57.0 Å². The van der Waals surface area contributed by atoms with Gasteiger partial charge >= 0.3 is 0 Å². The van der Waals surface area contributed by atoms with E-state index < -0.39 is 46.1 Å². The molecule has 49 heavy (non-hydrogen) atoms. The van der Waals surface area contributed by atoms with Gasteiger partial charge in [0.05, 0.1) is 10.6 Å². The normalized spacial score (nSPS) is 15.0. The molecule has 6 rings (SSSR count). The van der Waals surface area contributed by atoms with Crippen LogP contribution in [0.4, 0.5) is 14.5 Å². The summed E-state index contributed by atoms with van der Waals surface area (Å²) >= 11 is 0. The number of rotatable bonds is 12. The molecule has 12 heteroatoms. The van der Waals surface area contributed by atoms with Gasteiger partial charge in [0, 0.05) is 30.6 Å². The zero-order valence-electron chi connectivity index (χ0n) is 26.8. The predicted molar refractivity (Wildman–Crippen MR) is 180 cm³/mol. The fourth-order valence-electron chi connectivity index (χ4n) is 6.18. The minimum absolute atomic E-state index is 0.0190. The van der Waals surface area contributed by atoms with E-state index in [0.29, 0.717) is 12.4 Å². The van der Waals surface area contributed by atoms with Crippen molar-refractivity contribution in [1.82, 2.24) is 10.2 Å². The second kappa shape index (κ2) is 15.1. The fourth-order valence-corrected chi connectivity index (χ4v) is 7.61. The highest BCUT2D eigenvalue weighted by Gasteiger charge is 2.36. The number of benzene rings is 4. The lowest BCUT2D eigenvalue weighted by Crippen LogP contribution is -2.54. The highest BCUT2D eigenvalue weighted by molar-refractivity contribution is 7.92. The molecule has 0 saturated heterocycles. The van der Waals surface area contributed by atoms with Crippen LogP contribution in [0.2, 0.25) is 0 Å². The first kappa shape index (κ1) is 33.9. The van der Waals surface area contributed by atoms with Crippen molar-refractivity contribution in [3.8, 4) is 11.5 Å². The summed E-state index contributed by atoms with van der Waals surface area (Å²) in [4.78, 5) is 29.7. The average molecular weight is 690 g/mol. The summed E-state index contributed by atoms with van der Waals surface area (Å²) in [6, 6.07) is 22.7. The molecule has 9 nitrogen and oxygen atoms in total. The molecule has 0 aromatic heterocycles. The molecule has 0 radical (unpaired) electrons. The molecule has 1 heterocycles. The molecule has 256 valence electrons. The van der Waals surface area contributed by atoms with Gasteiger partial charge < -0.3 is 19.7 Å². The van der Waals surface area contributed by atoms with E-state index in [2.05, 4.69) is 5.32 Å². The van der Waals surface area contributed by atoms with E-state index in [9.17, 15) is 22.4 Å². The third-order valence-corrected chi connectivity index (χ3v) is 10.5. The van der Waals surface area contributed by atoms with E-state index in [4.69, 9.17) is 9.47 Å². The molecule has 1 N–H and O–H groups in total. The molecule has 1 unspecified atom stereocenters. The Morgan fingerprint density at radius 1 is 0.837 bits per heavy atom. The molecule has 1 atom stereocenters. The average Bonchev–Trinajstić information content (AvgIpc) is 3.63. The van der Waals surface area contributed by atoms with Crippen LogP contribution in [0.25, 0.3) is 0 Å². The van der Waals surface area contributed by atoms with Crippen LogP contribution < -0.4 is 19.1 Å². The van der Waals surface area contributed by atoms with Crippen molar-refractivity contribution in [2.24, 2.45) is 0 Å². The van der Waals surface area contributed by atoms with Crippen LogP contribution in [0.3, 0.4) is 0 Å². The van der Waals surface area contributed by atoms with Crippen molar-refractivity contribution >= 4 is 27.5 Å². The standard InChI is InChI=1S/C37H37F2N3O6S/c38-28-14-16-30(17-15-28)42(49(45,46)31-18-19-34-35(23-31)48-21-20-47-34)25-36(43)41(24-27-10-4-7-13-32(27)39)33(22-26-8-2-1-3-9-26)37(44)40-29-11-5-6-12-29/h1-4,7-10,13-19,23,29,33H,5-6,11-12,20-22,24-25H2,(H,40,44). The highest BCUT2D eigenvalue weighted by Crippen LogP contribution is 2.34. The highest BCUT2D eigenvalue weighted by atomic mass is 32.2. The van der Waals surface area contributed by atoms with E-state index in [1.807, 2.05) is 30.3 Å². The smallest absolute Gasteiger partial charge is 0.264 e. The maximum Gasteiger partial charge on any atom is 0.264 e. The van der Waals surface area contributed by atoms with E-state index in [0.717, 1.165) is 47.7 Å². The lowest BCUT2D eigenvalue weighted by Gasteiger charge is -2.34. The third kappa shape index (κ3) is 8.02. The molecule has 1 aliphatic carbocycles. The zero-order valence-corrected chi connectivity index (χ0v) is 27.6. The number of sulfonamides is 1. The van der Waals surface area contributed by atoms with Crippen LogP contribution in [0.5, 0.6) is 11.5 Å². The number of anilines is 1. The van der Waals surface area contributed by atoms with Crippen LogP contribution in [-0.2, 0) is 32.6 Å². The monoisotopic (exact) mass is 689 g/mol. The minimum Gasteiger partial charge on any atom is -0.486 e. The lowest BCUT2D eigenvalue weighted by atomic mass is 10.0. The summed E-state index contributed by atoms with van der Waals surface area (Å²) in [6.45, 7) is -0.527. The SMILES string of the molecule is O=C(NC1CCCC1)C(Cc1ccccc1)N(Cc1ccccc1F)C(=O)CN(c1ccc(F)cc1)S(=O)(=O)c1ccc2c(c1)OCCO2. The molecule has 2 amide bonds. The van der Waals surface area contributed by atoms with Crippen molar-refractivity contribution in [2.75, 3.05) is 24.1 Å². The fraction of sp³-hybridized carbons (Fsp3) is 0.297. The molecule has 1 fully saturated rings. The topological polar surface area (TPSA) is 105 Å². The number of halogens is 2. The van der Waals surface area contributed by atoms with Gasteiger partial charge in [-0.05, 0) is 60.9 Å². The van der Waals surface area contributed by atoms with Gasteiger partial charge in [-0.15, -0.1) is 0 Å². The first-order valence-corrected chi connectivity index (χ1v) is 17.7. The van der Waals surface area contributed by atoms with E-state index >= 15 is 4.39 Å². The summed E-state index contributed by atoms with van der Waals surface area (Å²) in [6.07, 6.45) is 3.65. The van der Waals surface area contributed by atoms with Crippen molar-refractivity contribution in [1.29, 1.82) is 0 Å². The van der Waals surface area contributed by atoms with Crippen LogP contribution >= 0.6 is 0 Å². The van der Waals surface area contributed by atoms with Crippen LogP contribution in [0, 0.1) is 11.6 Å². The molecular formula is C37H37F2N3O6S. The maximum atomic E-state index is 15.1. The van der Waals surface area contributed by atoms with Gasteiger partial charge in [-0.1, -0.05) is 61.4 Å². The van der Waals surface area contributed by atoms with Crippen molar-refractivity contribution < 1.29 is 36.3 Å². The number of amides is 2. The lowest BCUT2D eigenvalue weighted by molar-refractivity contribution is -0.140. The molecule has 4 aromatic carbocycles. The number of carbonyl (C=O) groups excluding carboxylic acids is 2. The number of carbonyl (C=O) groups is 2. The number of nitrogens with one attached hydrogen (secondary N) is 1. The molecule has 2 aliphatic rings. The number of fused-ring (bicyclic) bond motifs is 1. The quantitative estimate of drug-likeness (QED) is 0.207. The number of ether oxygens (including phenoxy) is 2. The van der Waals surface area contributed by atoms with Gasteiger partial charge in [-0.2, -0.15) is 0 Å². The Morgan fingerprint density at radius 2 is 1.51 bits per heavy atom. The Kier molecular flexibility index (Phi) is 10.4. The largest absolute Gasteiger partial charge is 0.486 e. The maximum absolute atomic E-state index is 15.1. The summed E-state index contributed by atoms with van der Waals surface area (Å²) in [5.41, 5.74) is 0.941. The number of hydrogen-bond donors (Lipinski definition) is 1. The van der Waals surface area contributed by atoms with Gasteiger partial charge in [0.1, 0.15) is 37.4 Å². The summed E-state index contributed by atoms with van der Waals surface area (Å²) < 4.78 is 69.9. The molecule has 4 aromatic rings. The van der Waals surface area contributed by atoms with Crippen LogP contribution in [0.15, 0.2) is 102 Å². The molecule has 1 aliphatic heterocycles. The third-order valence-electron chi connectivity index (χ3n) is 8.77.